The third kappa shape index (κ3) is 6.70. The fourth-order valence-electron chi connectivity index (χ4n) is 3.72. The number of hydrogen-bond acceptors (Lipinski definition) is 7. The molecule has 1 heterocycles. The molecule has 0 aliphatic carbocycles. The van der Waals surface area contributed by atoms with Gasteiger partial charge in [0.1, 0.15) is 4.90 Å². The van der Waals surface area contributed by atoms with Crippen molar-refractivity contribution < 1.29 is 32.0 Å². The molecule has 2 N–H and O–H groups in total. The predicted molar refractivity (Wildman–Crippen MR) is 133 cm³/mol. The van der Waals surface area contributed by atoms with Crippen LogP contribution in [0.2, 0.25) is 0 Å². The van der Waals surface area contributed by atoms with Crippen molar-refractivity contribution in [3.05, 3.63) is 70.9 Å². The summed E-state index contributed by atoms with van der Waals surface area (Å²) >= 11 is 0. The molecule has 3 aromatic rings. The van der Waals surface area contributed by atoms with E-state index in [0.717, 1.165) is 35.7 Å². The van der Waals surface area contributed by atoms with Gasteiger partial charge in [0.15, 0.2) is 6.61 Å². The maximum absolute atomic E-state index is 12.6. The van der Waals surface area contributed by atoms with E-state index in [1.807, 2.05) is 12.1 Å². The zero-order chi connectivity index (χ0) is 26.3. The Kier molecular flexibility index (Phi) is 8.83. The quantitative estimate of drug-likeness (QED) is 0.293. The van der Waals surface area contributed by atoms with E-state index in [0.29, 0.717) is 18.0 Å². The molecule has 36 heavy (non-hydrogen) atoms. The van der Waals surface area contributed by atoms with Gasteiger partial charge in [0.05, 0.1) is 17.9 Å². The van der Waals surface area contributed by atoms with Gasteiger partial charge in [-0.3, -0.25) is 9.35 Å². The van der Waals surface area contributed by atoms with Crippen molar-refractivity contribution in [2.75, 3.05) is 18.5 Å². The van der Waals surface area contributed by atoms with E-state index < -0.39 is 26.9 Å². The molecule has 11 heteroatoms. The lowest BCUT2D eigenvalue weighted by atomic mass is 10.0. The molecular formula is C25H29N3O7S. The maximum Gasteiger partial charge on any atom is 0.344 e. The van der Waals surface area contributed by atoms with Gasteiger partial charge in [-0.05, 0) is 43.2 Å². The minimum atomic E-state index is -4.55. The summed E-state index contributed by atoms with van der Waals surface area (Å²) in [5.74, 6) is -0.633. The molecule has 0 radical (unpaired) electrons. The number of hydrogen-bond donors (Lipinski definition) is 2. The van der Waals surface area contributed by atoms with Crippen LogP contribution in [0, 0.1) is 0 Å². The van der Waals surface area contributed by atoms with Crippen molar-refractivity contribution in [1.82, 2.24) is 9.78 Å². The van der Waals surface area contributed by atoms with E-state index in [1.54, 1.807) is 30.8 Å². The normalized spacial score (nSPS) is 11.2. The summed E-state index contributed by atoms with van der Waals surface area (Å²) < 4.78 is 44.9. The van der Waals surface area contributed by atoms with Gasteiger partial charge in [-0.2, -0.15) is 13.5 Å². The molecule has 192 valence electrons. The first-order chi connectivity index (χ1) is 17.1. The Balaban J connectivity index is 1.78. The van der Waals surface area contributed by atoms with Crippen LogP contribution in [0.1, 0.15) is 47.4 Å². The number of aromatic nitrogens is 2. The molecule has 0 fully saturated rings. The van der Waals surface area contributed by atoms with Gasteiger partial charge in [0, 0.05) is 24.7 Å². The highest BCUT2D eigenvalue weighted by atomic mass is 32.2. The average Bonchev–Trinajstić information content (AvgIpc) is 3.12. The zero-order valence-corrected chi connectivity index (χ0v) is 21.2. The van der Waals surface area contributed by atoms with E-state index in [2.05, 4.69) is 17.3 Å². The number of nitrogens with zero attached hydrogens (tertiary/aromatic N) is 2. The molecule has 0 aliphatic rings. The lowest BCUT2D eigenvalue weighted by molar-refractivity contribution is -0.145. The molecule has 10 nitrogen and oxygen atoms in total. The Bertz CT molecular complexity index is 1330. The number of carbonyl (C=O) groups is 2. The molecule has 1 aromatic heterocycles. The topological polar surface area (TPSA) is 137 Å². The van der Waals surface area contributed by atoms with Gasteiger partial charge in [0.2, 0.25) is 5.88 Å². The summed E-state index contributed by atoms with van der Waals surface area (Å²) in [7, 11) is -2.79. The summed E-state index contributed by atoms with van der Waals surface area (Å²) in [6.07, 6.45) is 2.12. The molecule has 3 rings (SSSR count). The summed E-state index contributed by atoms with van der Waals surface area (Å²) in [4.78, 5) is 24.0. The van der Waals surface area contributed by atoms with Crippen LogP contribution in [0.3, 0.4) is 0 Å². The zero-order valence-electron chi connectivity index (χ0n) is 20.4. The Morgan fingerprint density at radius 2 is 1.78 bits per heavy atom. The first kappa shape index (κ1) is 26.9. The van der Waals surface area contributed by atoms with Gasteiger partial charge < -0.3 is 14.8 Å². The maximum atomic E-state index is 12.6. The summed E-state index contributed by atoms with van der Waals surface area (Å²) in [6, 6.07) is 12.4. The molecule has 0 unspecified atom stereocenters. The number of aryl methyl sites for hydroxylation is 2. The Morgan fingerprint density at radius 1 is 1.08 bits per heavy atom. The Morgan fingerprint density at radius 3 is 2.42 bits per heavy atom. The number of carbonyl (C=O) groups excluding carboxylic acids is 2. The van der Waals surface area contributed by atoms with Crippen LogP contribution in [0.25, 0.3) is 0 Å². The first-order valence-corrected chi connectivity index (χ1v) is 12.9. The third-order valence-corrected chi connectivity index (χ3v) is 6.20. The molecule has 0 bridgehead atoms. The van der Waals surface area contributed by atoms with Crippen molar-refractivity contribution in [3.8, 4) is 5.88 Å². The smallest absolute Gasteiger partial charge is 0.344 e. The van der Waals surface area contributed by atoms with Gasteiger partial charge in [-0.15, -0.1) is 0 Å². The fourth-order valence-corrected chi connectivity index (χ4v) is 4.41. The number of rotatable bonds is 11. The fraction of sp³-hybridized carbons (Fsp3) is 0.320. The van der Waals surface area contributed by atoms with Crippen molar-refractivity contribution in [2.24, 2.45) is 7.05 Å². The standard InChI is InChI=1S/C25H29N3O7S/c1-4-8-21-20(25(28(3)27-21)35-16-23(29)34-5-2)15-17-11-13-18(14-12-17)26-24(30)19-9-6-7-10-22(19)36(31,32)33/h6-7,9-14H,4-5,8,15-16H2,1-3H3,(H,26,30)(H,31,32,33). The summed E-state index contributed by atoms with van der Waals surface area (Å²) in [5, 5.41) is 7.20. The highest BCUT2D eigenvalue weighted by molar-refractivity contribution is 7.86. The van der Waals surface area contributed by atoms with Crippen molar-refractivity contribution in [3.63, 3.8) is 0 Å². The van der Waals surface area contributed by atoms with E-state index in [4.69, 9.17) is 9.47 Å². The molecule has 0 atom stereocenters. The monoisotopic (exact) mass is 515 g/mol. The molecule has 0 saturated carbocycles. The lowest BCUT2D eigenvalue weighted by Crippen LogP contribution is -2.16. The van der Waals surface area contributed by atoms with Crippen LogP contribution in [0.15, 0.2) is 53.4 Å². The second-order valence-electron chi connectivity index (χ2n) is 8.00. The molecule has 2 aromatic carbocycles. The van der Waals surface area contributed by atoms with Crippen LogP contribution < -0.4 is 10.1 Å². The third-order valence-electron chi connectivity index (χ3n) is 5.29. The van der Waals surface area contributed by atoms with Gasteiger partial charge >= 0.3 is 5.97 Å². The van der Waals surface area contributed by atoms with Crippen LogP contribution in [0.5, 0.6) is 5.88 Å². The number of nitrogens with one attached hydrogen (secondary N) is 1. The number of benzene rings is 2. The van der Waals surface area contributed by atoms with E-state index in [-0.39, 0.29) is 18.8 Å². The van der Waals surface area contributed by atoms with Crippen molar-refractivity contribution >= 4 is 27.7 Å². The van der Waals surface area contributed by atoms with Crippen LogP contribution >= 0.6 is 0 Å². The van der Waals surface area contributed by atoms with Crippen molar-refractivity contribution in [1.29, 1.82) is 0 Å². The molecule has 0 spiro atoms. The molecular weight excluding hydrogens is 486 g/mol. The molecule has 1 amide bonds. The Labute approximate surface area is 210 Å². The number of esters is 1. The SMILES string of the molecule is CCCc1nn(C)c(OCC(=O)OCC)c1Cc1ccc(NC(=O)c2ccccc2S(=O)(=O)O)cc1. The second-order valence-corrected chi connectivity index (χ2v) is 9.39. The van der Waals surface area contributed by atoms with Gasteiger partial charge in [-0.25, -0.2) is 9.48 Å². The number of ether oxygens (including phenoxy) is 2. The van der Waals surface area contributed by atoms with E-state index >= 15 is 0 Å². The Hall–Kier alpha value is -3.70. The van der Waals surface area contributed by atoms with Crippen LogP contribution in [-0.2, 0) is 39.5 Å². The summed E-state index contributed by atoms with van der Waals surface area (Å²) in [5.41, 5.74) is 2.94. The number of amides is 1. The average molecular weight is 516 g/mol. The molecule has 0 aliphatic heterocycles. The van der Waals surface area contributed by atoms with E-state index in [9.17, 15) is 22.6 Å². The minimum absolute atomic E-state index is 0.160. The predicted octanol–water partition coefficient (Wildman–Crippen LogP) is 3.40. The van der Waals surface area contributed by atoms with Gasteiger partial charge in [0.25, 0.3) is 16.0 Å². The van der Waals surface area contributed by atoms with Crippen molar-refractivity contribution in [2.45, 2.75) is 38.0 Å². The second kappa shape index (κ2) is 11.8. The van der Waals surface area contributed by atoms with E-state index in [1.165, 1.54) is 18.2 Å². The lowest BCUT2D eigenvalue weighted by Gasteiger charge is -2.11. The number of anilines is 1. The van der Waals surface area contributed by atoms with Gasteiger partial charge in [-0.1, -0.05) is 37.6 Å². The largest absolute Gasteiger partial charge is 0.466 e. The highest BCUT2D eigenvalue weighted by Gasteiger charge is 2.21. The minimum Gasteiger partial charge on any atom is -0.466 e. The highest BCUT2D eigenvalue weighted by Crippen LogP contribution is 2.27. The van der Waals surface area contributed by atoms with Crippen LogP contribution in [-0.4, -0.2) is 47.8 Å². The molecule has 0 saturated heterocycles. The summed E-state index contributed by atoms with van der Waals surface area (Å²) in [6.45, 7) is 3.83. The van der Waals surface area contributed by atoms with Crippen LogP contribution in [0.4, 0.5) is 5.69 Å². The first-order valence-electron chi connectivity index (χ1n) is 11.4.